The van der Waals surface area contributed by atoms with Gasteiger partial charge in [-0.2, -0.15) is 0 Å². The summed E-state index contributed by atoms with van der Waals surface area (Å²) in [5, 5.41) is 19.6. The average molecular weight is 1310 g/mol. The van der Waals surface area contributed by atoms with Gasteiger partial charge in [0, 0.05) is 10.4 Å². The maximum Gasteiger partial charge on any atom is 0.102 e. The smallest absolute Gasteiger partial charge is 0.102 e. The van der Waals surface area contributed by atoms with Crippen LogP contribution in [0.25, 0.3) is 0 Å². The highest BCUT2D eigenvalue weighted by Crippen LogP contribution is 2.22. The molecule has 91 heavy (non-hydrogen) atoms. The standard InChI is InChI=1S/2C41H86NO.H2O4S/c2*1-4-7-9-11-13-15-17-19-21-23-25-27-29-31-33-35-37-39-42(6-3,40-41-43)38-36-34-32-30-28-26-24-22-20-18-16-14-12-10-8-5-2;1-5(2,3)4/h2*43H,4-41H2,1-3H3;(H2,1,2,3,4)/q2*+1;/p-2. The lowest BCUT2D eigenvalue weighted by atomic mass is 10.0. The van der Waals surface area contributed by atoms with E-state index in [1.165, 1.54) is 463 Å². The minimum absolute atomic E-state index is 0.353. The Morgan fingerprint density at radius 1 is 0.198 bits per heavy atom. The molecule has 0 aliphatic heterocycles. The SMILES string of the molecule is CCCCCCCCCCCCCCCCCCC[N+](CC)(CCO)CCCCCCCCCCCCCCCCCC.CCCCCCCCCCCCCCCCCCC[N+](CC)(CCO)CCCCCCCCCCCCCCCCCC.O=S(=O)([O-])[O-]. The van der Waals surface area contributed by atoms with Crippen molar-refractivity contribution < 1.29 is 36.7 Å². The zero-order valence-corrected chi connectivity index (χ0v) is 64.4. The third-order valence-corrected chi connectivity index (χ3v) is 20.9. The second kappa shape index (κ2) is 80.4. The summed E-state index contributed by atoms with van der Waals surface area (Å²) in [5.41, 5.74) is 0. The molecule has 0 aliphatic carbocycles. The van der Waals surface area contributed by atoms with E-state index in [0.29, 0.717) is 13.2 Å². The normalized spacial score (nSPS) is 13.0. The molecule has 0 rings (SSSR count). The van der Waals surface area contributed by atoms with Gasteiger partial charge in [-0.1, -0.05) is 400 Å². The van der Waals surface area contributed by atoms with Crippen LogP contribution < -0.4 is 0 Å². The number of hydrogen-bond acceptors (Lipinski definition) is 6. The molecule has 0 aliphatic rings. The van der Waals surface area contributed by atoms with Crippen molar-refractivity contribution >= 4 is 10.4 Å². The Labute approximate surface area is 574 Å². The van der Waals surface area contributed by atoms with E-state index in [2.05, 4.69) is 41.5 Å². The fraction of sp³-hybridized carbons (Fsp3) is 1.00. The van der Waals surface area contributed by atoms with Gasteiger partial charge in [0.05, 0.1) is 52.5 Å². The van der Waals surface area contributed by atoms with E-state index >= 15 is 0 Å². The van der Waals surface area contributed by atoms with E-state index in [9.17, 15) is 10.2 Å². The molecule has 0 radical (unpaired) electrons. The zero-order valence-electron chi connectivity index (χ0n) is 63.6. The van der Waals surface area contributed by atoms with Crippen LogP contribution in [0.3, 0.4) is 0 Å². The maximum absolute atomic E-state index is 9.80. The van der Waals surface area contributed by atoms with Crippen molar-refractivity contribution in [2.24, 2.45) is 0 Å². The average Bonchev–Trinajstić information content (AvgIpc) is 3.46. The van der Waals surface area contributed by atoms with Crippen molar-refractivity contribution in [1.82, 2.24) is 0 Å². The molecule has 0 saturated heterocycles. The monoisotopic (exact) mass is 1310 g/mol. The Balaban J connectivity index is -0.00000158. The molecule has 0 bridgehead atoms. The van der Waals surface area contributed by atoms with Gasteiger partial charge in [-0.25, -0.2) is 0 Å². The number of rotatable bonds is 76. The lowest BCUT2D eigenvalue weighted by molar-refractivity contribution is -0.927. The Morgan fingerprint density at radius 2 is 0.297 bits per heavy atom. The van der Waals surface area contributed by atoms with Crippen LogP contribution in [0.15, 0.2) is 0 Å². The highest BCUT2D eigenvalue weighted by Gasteiger charge is 2.25. The minimum atomic E-state index is -5.17. The van der Waals surface area contributed by atoms with Gasteiger partial charge in [-0.15, -0.1) is 0 Å². The van der Waals surface area contributed by atoms with Gasteiger partial charge in [0.15, 0.2) is 0 Å². The summed E-state index contributed by atoms with van der Waals surface area (Å²) in [6, 6.07) is 0. The first-order chi connectivity index (χ1) is 44.5. The van der Waals surface area contributed by atoms with Crippen LogP contribution in [-0.2, 0) is 10.4 Å². The predicted molar refractivity (Wildman–Crippen MR) is 403 cm³/mol. The van der Waals surface area contributed by atoms with Crippen molar-refractivity contribution in [2.75, 3.05) is 65.6 Å². The molecule has 2 N–H and O–H groups in total. The van der Waals surface area contributed by atoms with Crippen molar-refractivity contribution in [3.8, 4) is 0 Å². The predicted octanol–water partition coefficient (Wildman–Crippen LogP) is 26.1. The van der Waals surface area contributed by atoms with E-state index < -0.39 is 10.4 Å². The molecule has 0 fully saturated rings. The van der Waals surface area contributed by atoms with Crippen LogP contribution in [0.4, 0.5) is 0 Å². The van der Waals surface area contributed by atoms with Crippen molar-refractivity contribution in [3.05, 3.63) is 0 Å². The Hall–Kier alpha value is -0.290. The van der Waals surface area contributed by atoms with Crippen molar-refractivity contribution in [1.29, 1.82) is 0 Å². The Kier molecular flexibility index (Phi) is 83.8. The van der Waals surface area contributed by atoms with E-state index in [1.54, 1.807) is 0 Å². The second-order valence-corrected chi connectivity index (χ2v) is 30.2. The van der Waals surface area contributed by atoms with Gasteiger partial charge in [0.1, 0.15) is 13.1 Å². The molecule has 0 amide bonds. The first-order valence-corrected chi connectivity index (χ1v) is 43.4. The van der Waals surface area contributed by atoms with Gasteiger partial charge in [0.2, 0.25) is 0 Å². The summed E-state index contributed by atoms with van der Waals surface area (Å²) < 4.78 is 36.4. The molecule has 552 valence electrons. The molecule has 0 aromatic rings. The molecule has 0 saturated carbocycles. The number of hydrogen-bond donors (Lipinski definition) is 2. The Bertz CT molecular complexity index is 1310. The molecule has 8 nitrogen and oxygen atoms in total. The fourth-order valence-electron chi connectivity index (χ4n) is 14.4. The largest absolute Gasteiger partial charge is 0.759 e. The molecular weight excluding hydrogens is 1140 g/mol. The summed E-state index contributed by atoms with van der Waals surface area (Å²) in [5.74, 6) is 0. The second-order valence-electron chi connectivity index (χ2n) is 29.4. The number of likely N-dealkylation sites (N-methyl/N-ethyl adjacent to an activating group) is 2. The molecule has 9 heteroatoms. The lowest BCUT2D eigenvalue weighted by Gasteiger charge is -2.37. The van der Waals surface area contributed by atoms with Gasteiger partial charge in [0.25, 0.3) is 0 Å². The number of unbranched alkanes of at least 4 members (excludes halogenated alkanes) is 62. The van der Waals surface area contributed by atoms with Crippen LogP contribution in [0.5, 0.6) is 0 Å². The third-order valence-electron chi connectivity index (χ3n) is 20.9. The number of aliphatic hydroxyl groups excluding tert-OH is 2. The van der Waals surface area contributed by atoms with Crippen LogP contribution in [0, 0.1) is 0 Å². The molecule has 0 heterocycles. The molecule has 0 spiro atoms. The molecule has 2 unspecified atom stereocenters. The molecule has 0 aromatic heterocycles. The van der Waals surface area contributed by atoms with E-state index in [1.807, 2.05) is 0 Å². The fourth-order valence-corrected chi connectivity index (χ4v) is 14.4. The summed E-state index contributed by atoms with van der Waals surface area (Å²) in [6.45, 7) is 24.1. The quantitative estimate of drug-likeness (QED) is 0.0271. The molecule has 2 atom stereocenters. The zero-order chi connectivity index (χ0) is 67.2. The summed E-state index contributed by atoms with van der Waals surface area (Å²) in [6.07, 6.45) is 95.0. The highest BCUT2D eigenvalue weighted by molar-refractivity contribution is 7.79. The Morgan fingerprint density at radius 3 is 0.385 bits per heavy atom. The number of aliphatic hydroxyl groups is 2. The minimum Gasteiger partial charge on any atom is -0.759 e. The van der Waals surface area contributed by atoms with Gasteiger partial charge >= 0.3 is 0 Å². The van der Waals surface area contributed by atoms with Gasteiger partial charge < -0.3 is 28.3 Å². The summed E-state index contributed by atoms with van der Waals surface area (Å²) in [4.78, 5) is 0. The topological polar surface area (TPSA) is 121 Å². The van der Waals surface area contributed by atoms with Crippen LogP contribution in [0.2, 0.25) is 0 Å². The van der Waals surface area contributed by atoms with Gasteiger partial charge in [-0.3, -0.25) is 8.42 Å². The third kappa shape index (κ3) is 82.1. The first-order valence-electron chi connectivity index (χ1n) is 42.1. The van der Waals surface area contributed by atoms with Crippen LogP contribution in [-0.4, -0.2) is 102 Å². The number of nitrogens with zero attached hydrogens (tertiary/aromatic N) is 2. The maximum atomic E-state index is 9.80. The lowest BCUT2D eigenvalue weighted by Crippen LogP contribution is -2.51. The summed E-state index contributed by atoms with van der Waals surface area (Å²) in [7, 11) is -5.17. The highest BCUT2D eigenvalue weighted by atomic mass is 32.3. The van der Waals surface area contributed by atoms with Crippen LogP contribution >= 0.6 is 0 Å². The number of quaternary nitrogens is 2. The molecule has 0 aromatic carbocycles. The first kappa shape index (κ1) is 94.9. The molecular formula is C82H172N2O6S. The van der Waals surface area contributed by atoms with E-state index in [4.69, 9.17) is 17.5 Å². The van der Waals surface area contributed by atoms with Crippen molar-refractivity contribution in [3.63, 3.8) is 0 Å². The van der Waals surface area contributed by atoms with Gasteiger partial charge in [-0.05, 0) is 65.2 Å². The van der Waals surface area contributed by atoms with E-state index in [-0.39, 0.29) is 0 Å². The summed E-state index contributed by atoms with van der Waals surface area (Å²) >= 11 is 0. The van der Waals surface area contributed by atoms with Crippen molar-refractivity contribution in [2.45, 2.75) is 465 Å². The van der Waals surface area contributed by atoms with E-state index in [0.717, 1.165) is 22.1 Å². The van der Waals surface area contributed by atoms with Crippen LogP contribution in [0.1, 0.15) is 465 Å².